The fourth-order valence-corrected chi connectivity index (χ4v) is 4.39. The van der Waals surface area contributed by atoms with Gasteiger partial charge in [-0.05, 0) is 29.9 Å². The summed E-state index contributed by atoms with van der Waals surface area (Å²) in [6.07, 6.45) is 0.921. The Hall–Kier alpha value is -0.560. The van der Waals surface area contributed by atoms with Crippen LogP contribution in [0.5, 0.6) is 0 Å². The van der Waals surface area contributed by atoms with E-state index in [1.807, 2.05) is 11.8 Å². The molecular formula is C12H18N2O2S2. The summed E-state index contributed by atoms with van der Waals surface area (Å²) in [6, 6.07) is 6.85. The summed E-state index contributed by atoms with van der Waals surface area (Å²) in [7, 11) is -3.33. The van der Waals surface area contributed by atoms with E-state index < -0.39 is 10.0 Å². The van der Waals surface area contributed by atoms with Crippen molar-refractivity contribution in [3.8, 4) is 0 Å². The number of hydrogen-bond donors (Lipinski definition) is 1. The Kier molecular flexibility index (Phi) is 4.66. The van der Waals surface area contributed by atoms with Crippen LogP contribution in [0.15, 0.2) is 29.2 Å². The van der Waals surface area contributed by atoms with Gasteiger partial charge in [0.15, 0.2) is 0 Å². The third-order valence-electron chi connectivity index (χ3n) is 2.98. The highest BCUT2D eigenvalue weighted by atomic mass is 32.2. The summed E-state index contributed by atoms with van der Waals surface area (Å²) in [5.41, 5.74) is 6.45. The molecule has 1 aliphatic rings. The zero-order valence-corrected chi connectivity index (χ0v) is 11.8. The minimum absolute atomic E-state index is 0.367. The summed E-state index contributed by atoms with van der Waals surface area (Å²) in [4.78, 5) is 0.367. The van der Waals surface area contributed by atoms with Crippen molar-refractivity contribution in [3.63, 3.8) is 0 Å². The first-order valence-electron chi connectivity index (χ1n) is 6.01. The van der Waals surface area contributed by atoms with Crippen molar-refractivity contribution < 1.29 is 8.42 Å². The summed E-state index contributed by atoms with van der Waals surface area (Å²) >= 11 is 1.81. The van der Waals surface area contributed by atoms with Crippen LogP contribution in [-0.2, 0) is 16.6 Å². The van der Waals surface area contributed by atoms with Crippen LogP contribution in [0.3, 0.4) is 0 Å². The van der Waals surface area contributed by atoms with Gasteiger partial charge in [-0.1, -0.05) is 12.1 Å². The Morgan fingerprint density at radius 1 is 1.17 bits per heavy atom. The molecule has 6 heteroatoms. The number of sulfonamides is 1. The van der Waals surface area contributed by atoms with Crippen molar-refractivity contribution in [2.45, 2.75) is 17.9 Å². The third-order valence-corrected chi connectivity index (χ3v) is 5.94. The molecule has 2 N–H and O–H groups in total. The first-order valence-corrected chi connectivity index (χ1v) is 8.61. The molecule has 0 unspecified atom stereocenters. The summed E-state index contributed by atoms with van der Waals surface area (Å²) in [5.74, 6) is 1.91. The standard InChI is InChI=1S/C12H18N2O2S2/c13-10-11-2-4-12(5-3-11)18(15,16)14-6-1-8-17-9-7-14/h2-5H,1,6-10,13H2. The van der Waals surface area contributed by atoms with Crippen LogP contribution in [0.4, 0.5) is 0 Å². The molecule has 1 aromatic carbocycles. The third kappa shape index (κ3) is 3.06. The Morgan fingerprint density at radius 2 is 1.89 bits per heavy atom. The number of thioether (sulfide) groups is 1. The lowest BCUT2D eigenvalue weighted by molar-refractivity contribution is 0.435. The van der Waals surface area contributed by atoms with Crippen LogP contribution in [0.1, 0.15) is 12.0 Å². The molecule has 0 saturated carbocycles. The molecule has 4 nitrogen and oxygen atoms in total. The van der Waals surface area contributed by atoms with Crippen molar-refractivity contribution >= 4 is 21.8 Å². The number of rotatable bonds is 3. The molecule has 1 heterocycles. The molecule has 1 aliphatic heterocycles. The summed E-state index contributed by atoms with van der Waals surface area (Å²) in [5, 5.41) is 0. The Morgan fingerprint density at radius 3 is 2.56 bits per heavy atom. The average Bonchev–Trinajstić information content (AvgIpc) is 2.68. The second-order valence-electron chi connectivity index (χ2n) is 4.22. The highest BCUT2D eigenvalue weighted by Gasteiger charge is 2.24. The summed E-state index contributed by atoms with van der Waals surface area (Å²) < 4.78 is 26.4. The highest BCUT2D eigenvalue weighted by molar-refractivity contribution is 7.99. The Balaban J connectivity index is 2.22. The lowest BCUT2D eigenvalue weighted by Crippen LogP contribution is -2.33. The predicted octanol–water partition coefficient (Wildman–Crippen LogP) is 1.27. The van der Waals surface area contributed by atoms with Crippen molar-refractivity contribution in [1.29, 1.82) is 0 Å². The minimum atomic E-state index is -3.33. The molecule has 0 aliphatic carbocycles. The first kappa shape index (κ1) is 13.9. The Labute approximate surface area is 113 Å². The maximum atomic E-state index is 12.4. The first-order chi connectivity index (χ1) is 8.64. The molecule has 0 spiro atoms. The van der Waals surface area contributed by atoms with Gasteiger partial charge in [0.2, 0.25) is 10.0 Å². The molecule has 2 rings (SSSR count). The van der Waals surface area contributed by atoms with Crippen molar-refractivity contribution in [3.05, 3.63) is 29.8 Å². The van der Waals surface area contributed by atoms with Crippen LogP contribution in [0.2, 0.25) is 0 Å². The second kappa shape index (κ2) is 6.06. The number of nitrogens with two attached hydrogens (primary N) is 1. The van der Waals surface area contributed by atoms with Gasteiger partial charge in [-0.3, -0.25) is 0 Å². The van der Waals surface area contributed by atoms with E-state index in [-0.39, 0.29) is 0 Å². The van der Waals surface area contributed by atoms with Crippen LogP contribution in [0, 0.1) is 0 Å². The number of benzene rings is 1. The van der Waals surface area contributed by atoms with Gasteiger partial charge in [-0.25, -0.2) is 8.42 Å². The van der Waals surface area contributed by atoms with Crippen LogP contribution >= 0.6 is 11.8 Å². The molecule has 1 saturated heterocycles. The molecular weight excluding hydrogens is 268 g/mol. The molecule has 0 amide bonds. The van der Waals surface area contributed by atoms with E-state index in [0.717, 1.165) is 23.5 Å². The normalized spacial score (nSPS) is 18.5. The average molecular weight is 286 g/mol. The largest absolute Gasteiger partial charge is 0.326 e. The van der Waals surface area contributed by atoms with E-state index in [9.17, 15) is 8.42 Å². The monoisotopic (exact) mass is 286 g/mol. The van der Waals surface area contributed by atoms with Crippen molar-refractivity contribution in [2.75, 3.05) is 24.6 Å². The van der Waals surface area contributed by atoms with E-state index in [4.69, 9.17) is 5.73 Å². The smallest absolute Gasteiger partial charge is 0.243 e. The van der Waals surface area contributed by atoms with Gasteiger partial charge in [-0.15, -0.1) is 0 Å². The van der Waals surface area contributed by atoms with Gasteiger partial charge in [0.25, 0.3) is 0 Å². The predicted molar refractivity (Wildman–Crippen MR) is 75.0 cm³/mol. The molecule has 0 radical (unpaired) electrons. The van der Waals surface area contributed by atoms with Gasteiger partial charge >= 0.3 is 0 Å². The molecule has 0 aromatic heterocycles. The number of hydrogen-bond acceptors (Lipinski definition) is 4. The van der Waals surface area contributed by atoms with Gasteiger partial charge in [0.05, 0.1) is 4.90 Å². The molecule has 1 fully saturated rings. The highest BCUT2D eigenvalue weighted by Crippen LogP contribution is 2.20. The van der Waals surface area contributed by atoms with Crippen LogP contribution < -0.4 is 5.73 Å². The molecule has 0 atom stereocenters. The second-order valence-corrected chi connectivity index (χ2v) is 7.38. The maximum absolute atomic E-state index is 12.4. The SMILES string of the molecule is NCc1ccc(S(=O)(=O)N2CCCSCC2)cc1. The zero-order valence-electron chi connectivity index (χ0n) is 10.2. The van der Waals surface area contributed by atoms with Crippen LogP contribution in [0.25, 0.3) is 0 Å². The quantitative estimate of drug-likeness (QED) is 0.909. The van der Waals surface area contributed by atoms with Crippen LogP contribution in [-0.4, -0.2) is 37.3 Å². The Bertz CT molecular complexity index is 477. The fourth-order valence-electron chi connectivity index (χ4n) is 1.91. The van der Waals surface area contributed by atoms with Gasteiger partial charge in [0, 0.05) is 25.4 Å². The molecule has 18 heavy (non-hydrogen) atoms. The van der Waals surface area contributed by atoms with E-state index in [1.54, 1.807) is 28.6 Å². The minimum Gasteiger partial charge on any atom is -0.326 e. The van der Waals surface area contributed by atoms with Crippen molar-refractivity contribution in [2.24, 2.45) is 5.73 Å². The van der Waals surface area contributed by atoms with Crippen molar-refractivity contribution in [1.82, 2.24) is 4.31 Å². The molecule has 0 bridgehead atoms. The van der Waals surface area contributed by atoms with E-state index >= 15 is 0 Å². The van der Waals surface area contributed by atoms with E-state index in [2.05, 4.69) is 0 Å². The van der Waals surface area contributed by atoms with E-state index in [0.29, 0.717) is 24.5 Å². The zero-order chi connectivity index (χ0) is 13.0. The van der Waals surface area contributed by atoms with E-state index in [1.165, 1.54) is 0 Å². The summed E-state index contributed by atoms with van der Waals surface area (Å²) in [6.45, 7) is 1.65. The maximum Gasteiger partial charge on any atom is 0.243 e. The molecule has 100 valence electrons. The molecule has 1 aromatic rings. The topological polar surface area (TPSA) is 63.4 Å². The fraction of sp³-hybridized carbons (Fsp3) is 0.500. The lowest BCUT2D eigenvalue weighted by Gasteiger charge is -2.19. The van der Waals surface area contributed by atoms with Gasteiger partial charge in [0.1, 0.15) is 0 Å². The lowest BCUT2D eigenvalue weighted by atomic mass is 10.2. The van der Waals surface area contributed by atoms with Gasteiger partial charge < -0.3 is 5.73 Å². The van der Waals surface area contributed by atoms with Gasteiger partial charge in [-0.2, -0.15) is 16.1 Å². The number of nitrogens with zero attached hydrogens (tertiary/aromatic N) is 1.